The summed E-state index contributed by atoms with van der Waals surface area (Å²) in [7, 11) is 2.10. The zero-order valence-electron chi connectivity index (χ0n) is 17.2. The molecule has 29 heavy (non-hydrogen) atoms. The first-order valence-electron chi connectivity index (χ1n) is 9.88. The van der Waals surface area contributed by atoms with E-state index < -0.39 is 0 Å². The second kappa shape index (κ2) is 6.56. The molecule has 0 unspecified atom stereocenters. The number of rotatable bonds is 2. The lowest BCUT2D eigenvalue weighted by atomic mass is 9.94. The van der Waals surface area contributed by atoms with Crippen molar-refractivity contribution in [3.05, 3.63) is 83.7 Å². The van der Waals surface area contributed by atoms with Gasteiger partial charge in [-0.3, -0.25) is 0 Å². The molecule has 3 heterocycles. The van der Waals surface area contributed by atoms with E-state index in [9.17, 15) is 0 Å². The minimum absolute atomic E-state index is 0.690. The molecule has 0 atom stereocenters. The maximum absolute atomic E-state index is 6.31. The van der Waals surface area contributed by atoms with E-state index in [-0.39, 0.29) is 0 Å². The lowest BCUT2D eigenvalue weighted by Crippen LogP contribution is -2.31. The molecule has 5 aromatic rings. The number of nitrogens with zero attached hydrogens (tertiary/aromatic N) is 2. The first-order valence-corrected chi connectivity index (χ1v) is 9.88. The average molecular weight is 379 g/mol. The molecular weight excluding hydrogens is 356 g/mol. The second-order valence-corrected chi connectivity index (χ2v) is 7.78. The molecule has 0 amide bonds. The Hall–Kier alpha value is -3.46. The lowest BCUT2D eigenvalue weighted by Gasteiger charge is -2.11. The number of furan rings is 1. The number of benzene rings is 2. The zero-order chi connectivity index (χ0) is 20.1. The Morgan fingerprint density at radius 2 is 1.66 bits per heavy atom. The van der Waals surface area contributed by atoms with Gasteiger partial charge in [0.2, 0.25) is 11.4 Å². The van der Waals surface area contributed by atoms with Crippen LogP contribution in [0.1, 0.15) is 16.7 Å². The van der Waals surface area contributed by atoms with Gasteiger partial charge in [0.25, 0.3) is 0 Å². The summed E-state index contributed by atoms with van der Waals surface area (Å²) < 4.78 is 8.50. The molecule has 5 rings (SSSR count). The number of hydrogen-bond acceptors (Lipinski definition) is 2. The van der Waals surface area contributed by atoms with Crippen molar-refractivity contribution in [1.29, 1.82) is 0 Å². The van der Waals surface area contributed by atoms with Crippen molar-refractivity contribution >= 4 is 22.1 Å². The van der Waals surface area contributed by atoms with Crippen LogP contribution in [0.5, 0.6) is 0 Å². The van der Waals surface area contributed by atoms with Crippen LogP contribution in [0.25, 0.3) is 44.5 Å². The van der Waals surface area contributed by atoms with E-state index in [4.69, 9.17) is 4.42 Å². The van der Waals surface area contributed by atoms with Crippen LogP contribution in [0.15, 0.2) is 71.4 Å². The lowest BCUT2D eigenvalue weighted by molar-refractivity contribution is -0.660. The molecule has 0 spiro atoms. The molecule has 0 N–H and O–H groups in total. The summed E-state index contributed by atoms with van der Waals surface area (Å²) in [4.78, 5) is 4.45. The van der Waals surface area contributed by atoms with Gasteiger partial charge >= 0.3 is 0 Å². The van der Waals surface area contributed by atoms with Crippen molar-refractivity contribution in [2.24, 2.45) is 7.05 Å². The van der Waals surface area contributed by atoms with Crippen molar-refractivity contribution in [2.75, 3.05) is 0 Å². The Morgan fingerprint density at radius 3 is 2.45 bits per heavy atom. The highest BCUT2D eigenvalue weighted by Gasteiger charge is 2.24. The topological polar surface area (TPSA) is 29.9 Å². The first-order chi connectivity index (χ1) is 14.0. The van der Waals surface area contributed by atoms with Gasteiger partial charge in [-0.1, -0.05) is 36.4 Å². The fourth-order valence-corrected chi connectivity index (χ4v) is 4.43. The minimum atomic E-state index is 0.690. The molecule has 0 saturated carbocycles. The highest BCUT2D eigenvalue weighted by Crippen LogP contribution is 2.39. The van der Waals surface area contributed by atoms with E-state index in [0.717, 1.165) is 27.6 Å². The third-order valence-corrected chi connectivity index (χ3v) is 5.73. The third kappa shape index (κ3) is 2.73. The van der Waals surface area contributed by atoms with Gasteiger partial charge in [-0.05, 0) is 55.2 Å². The van der Waals surface area contributed by atoms with E-state index in [2.05, 4.69) is 92.1 Å². The largest absolute Gasteiger partial charge is 0.437 e. The van der Waals surface area contributed by atoms with Crippen molar-refractivity contribution in [3.8, 4) is 22.4 Å². The Bertz CT molecular complexity index is 1380. The molecule has 2 aromatic carbocycles. The number of fused-ring (bicyclic) bond motifs is 3. The summed E-state index contributed by atoms with van der Waals surface area (Å²) in [5, 5.41) is 2.22. The van der Waals surface area contributed by atoms with Crippen LogP contribution in [0.4, 0.5) is 0 Å². The zero-order valence-corrected chi connectivity index (χ0v) is 17.2. The maximum atomic E-state index is 6.31. The summed E-state index contributed by atoms with van der Waals surface area (Å²) in [6.07, 6.45) is 3.98. The molecule has 0 bridgehead atoms. The Labute approximate surface area is 170 Å². The van der Waals surface area contributed by atoms with E-state index >= 15 is 0 Å². The first kappa shape index (κ1) is 17.6. The molecule has 0 aliphatic rings. The van der Waals surface area contributed by atoms with Crippen LogP contribution in [0, 0.1) is 20.8 Å². The highest BCUT2D eigenvalue weighted by molar-refractivity contribution is 6.10. The molecule has 0 saturated heterocycles. The summed E-state index contributed by atoms with van der Waals surface area (Å²) >= 11 is 0. The van der Waals surface area contributed by atoms with Gasteiger partial charge in [-0.2, -0.15) is 0 Å². The Morgan fingerprint density at radius 1 is 0.862 bits per heavy atom. The minimum Gasteiger partial charge on any atom is -0.437 e. The van der Waals surface area contributed by atoms with E-state index in [1.165, 1.54) is 27.8 Å². The molecule has 0 aliphatic carbocycles. The van der Waals surface area contributed by atoms with Crippen LogP contribution in [-0.2, 0) is 7.05 Å². The van der Waals surface area contributed by atoms with Crippen LogP contribution >= 0.6 is 0 Å². The number of pyridine rings is 2. The molecule has 142 valence electrons. The number of hydrogen-bond donors (Lipinski definition) is 0. The van der Waals surface area contributed by atoms with Gasteiger partial charge < -0.3 is 4.42 Å². The van der Waals surface area contributed by atoms with Crippen molar-refractivity contribution in [1.82, 2.24) is 4.98 Å². The molecule has 0 radical (unpaired) electrons. The normalized spacial score (nSPS) is 11.4. The van der Waals surface area contributed by atoms with Crippen LogP contribution in [0.2, 0.25) is 0 Å². The summed E-state index contributed by atoms with van der Waals surface area (Å²) in [5.41, 5.74) is 9.98. The van der Waals surface area contributed by atoms with E-state index in [1.807, 2.05) is 6.07 Å². The SMILES string of the molecule is Cc1c[n+](C)c(-c2c(C)cc(C)c3c2oc2ncccc23)cc1-c1ccccc1. The van der Waals surface area contributed by atoms with E-state index in [1.54, 1.807) is 6.20 Å². The average Bonchev–Trinajstić information content (AvgIpc) is 3.09. The van der Waals surface area contributed by atoms with Crippen molar-refractivity contribution in [2.45, 2.75) is 20.8 Å². The van der Waals surface area contributed by atoms with Gasteiger partial charge in [0, 0.05) is 28.6 Å². The van der Waals surface area contributed by atoms with Gasteiger partial charge in [0.05, 0.1) is 5.56 Å². The Kier molecular flexibility index (Phi) is 3.99. The Balaban J connectivity index is 1.87. The summed E-state index contributed by atoms with van der Waals surface area (Å²) in [6, 6.07) is 19.1. The van der Waals surface area contributed by atoms with Gasteiger partial charge in [0.15, 0.2) is 11.8 Å². The quantitative estimate of drug-likeness (QED) is 0.349. The molecule has 3 heteroatoms. The smallest absolute Gasteiger partial charge is 0.227 e. The van der Waals surface area contributed by atoms with Crippen LogP contribution in [-0.4, -0.2) is 4.98 Å². The molecule has 3 aromatic heterocycles. The predicted molar refractivity (Wildman–Crippen MR) is 118 cm³/mol. The van der Waals surface area contributed by atoms with Gasteiger partial charge in [-0.15, -0.1) is 0 Å². The second-order valence-electron chi connectivity index (χ2n) is 7.78. The fourth-order valence-electron chi connectivity index (χ4n) is 4.43. The number of aryl methyl sites for hydroxylation is 4. The number of aromatic nitrogens is 2. The monoisotopic (exact) mass is 379 g/mol. The van der Waals surface area contributed by atoms with Gasteiger partial charge in [0.1, 0.15) is 7.05 Å². The molecule has 0 fully saturated rings. The summed E-state index contributed by atoms with van der Waals surface area (Å²) in [5.74, 6) is 0. The van der Waals surface area contributed by atoms with Crippen molar-refractivity contribution < 1.29 is 8.98 Å². The van der Waals surface area contributed by atoms with Crippen LogP contribution < -0.4 is 4.57 Å². The van der Waals surface area contributed by atoms with Crippen molar-refractivity contribution in [3.63, 3.8) is 0 Å². The molecule has 0 aliphatic heterocycles. The third-order valence-electron chi connectivity index (χ3n) is 5.73. The molecule has 3 nitrogen and oxygen atoms in total. The summed E-state index contributed by atoms with van der Waals surface area (Å²) in [6.45, 7) is 6.46. The van der Waals surface area contributed by atoms with Crippen LogP contribution in [0.3, 0.4) is 0 Å². The van der Waals surface area contributed by atoms with Gasteiger partial charge in [-0.25, -0.2) is 9.55 Å². The predicted octanol–water partition coefficient (Wildman–Crippen LogP) is 6.06. The fraction of sp³-hybridized carbons (Fsp3) is 0.154. The standard InChI is InChI=1S/C26H23N2O/c1-16-13-17(2)24(25-23(16)20-11-8-12-27-26(20)29-25)22-14-21(18(3)15-28(22)4)19-9-6-5-7-10-19/h5-15H,1-4H3/q+1. The maximum Gasteiger partial charge on any atom is 0.227 e. The highest BCUT2D eigenvalue weighted by atomic mass is 16.3. The molecular formula is C26H23N2O+. The van der Waals surface area contributed by atoms with E-state index in [0.29, 0.717) is 5.71 Å².